The minimum Gasteiger partial charge on any atom is -0.211 e. The zero-order valence-electron chi connectivity index (χ0n) is 10.7. The molecule has 0 aromatic heterocycles. The number of hydrogen-bond donors (Lipinski definition) is 1. The van der Waals surface area contributed by atoms with Crippen LogP contribution >= 0.6 is 0 Å². The lowest BCUT2D eigenvalue weighted by Gasteiger charge is -2.19. The van der Waals surface area contributed by atoms with Gasteiger partial charge in [-0.25, -0.2) is 13.1 Å². The molecular weight excluding hydrogens is 272 g/mol. The predicted molar refractivity (Wildman–Crippen MR) is 77.3 cm³/mol. The molecule has 0 radical (unpaired) electrons. The van der Waals surface area contributed by atoms with Crippen molar-refractivity contribution >= 4 is 10.0 Å². The number of rotatable bonds is 5. The van der Waals surface area contributed by atoms with Crippen molar-refractivity contribution in [3.63, 3.8) is 0 Å². The molecule has 0 bridgehead atoms. The predicted octanol–water partition coefficient (Wildman–Crippen LogP) is 2.22. The van der Waals surface area contributed by atoms with Gasteiger partial charge in [0.25, 0.3) is 0 Å². The third-order valence-electron chi connectivity index (χ3n) is 2.82. The van der Waals surface area contributed by atoms with Crippen LogP contribution in [-0.2, 0) is 10.0 Å². The third-order valence-corrected chi connectivity index (χ3v) is 3.92. The van der Waals surface area contributed by atoms with E-state index in [1.807, 2.05) is 60.7 Å². The van der Waals surface area contributed by atoms with Crippen molar-refractivity contribution in [1.29, 1.82) is 5.26 Å². The SMILES string of the molecule is N#CCS(=O)(=O)NC(c1ccccc1)c1ccccc1. The summed E-state index contributed by atoms with van der Waals surface area (Å²) >= 11 is 0. The lowest BCUT2D eigenvalue weighted by Crippen LogP contribution is -2.31. The average Bonchev–Trinajstić information content (AvgIpc) is 2.47. The maximum Gasteiger partial charge on any atom is 0.225 e. The summed E-state index contributed by atoms with van der Waals surface area (Å²) in [5, 5.41) is 8.59. The second-order valence-corrected chi connectivity index (χ2v) is 6.04. The van der Waals surface area contributed by atoms with Crippen molar-refractivity contribution in [2.45, 2.75) is 6.04 Å². The first-order valence-corrected chi connectivity index (χ1v) is 7.74. The summed E-state index contributed by atoms with van der Waals surface area (Å²) in [6.07, 6.45) is 0. The summed E-state index contributed by atoms with van der Waals surface area (Å²) in [5.41, 5.74) is 1.67. The number of nitrogens with zero attached hydrogens (tertiary/aromatic N) is 1. The van der Waals surface area contributed by atoms with Gasteiger partial charge in [-0.15, -0.1) is 0 Å². The molecule has 2 rings (SSSR count). The van der Waals surface area contributed by atoms with Crippen molar-refractivity contribution in [2.24, 2.45) is 0 Å². The molecule has 2 aromatic rings. The quantitative estimate of drug-likeness (QED) is 0.916. The standard InChI is InChI=1S/C15H14N2O2S/c16-11-12-20(18,19)17-15(13-7-3-1-4-8-13)14-9-5-2-6-10-14/h1-10,15,17H,12H2. The Bertz CT molecular complexity index is 652. The van der Waals surface area contributed by atoms with Gasteiger partial charge in [0.2, 0.25) is 10.0 Å². The lowest BCUT2D eigenvalue weighted by atomic mass is 10.00. The molecule has 0 saturated heterocycles. The molecule has 0 aliphatic heterocycles. The molecule has 0 spiro atoms. The Balaban J connectivity index is 2.39. The fraction of sp³-hybridized carbons (Fsp3) is 0.133. The smallest absolute Gasteiger partial charge is 0.211 e. The van der Waals surface area contributed by atoms with Crippen LogP contribution in [0.3, 0.4) is 0 Å². The average molecular weight is 286 g/mol. The van der Waals surface area contributed by atoms with Crippen molar-refractivity contribution < 1.29 is 8.42 Å². The Morgan fingerprint density at radius 2 is 1.40 bits per heavy atom. The van der Waals surface area contributed by atoms with Gasteiger partial charge >= 0.3 is 0 Å². The Kier molecular flexibility index (Phi) is 4.51. The molecule has 0 amide bonds. The molecule has 0 fully saturated rings. The first-order chi connectivity index (χ1) is 9.62. The Morgan fingerprint density at radius 1 is 0.950 bits per heavy atom. The van der Waals surface area contributed by atoms with Gasteiger partial charge in [-0.3, -0.25) is 0 Å². The topological polar surface area (TPSA) is 70.0 Å². The van der Waals surface area contributed by atoms with E-state index in [1.54, 1.807) is 6.07 Å². The maximum atomic E-state index is 11.9. The lowest BCUT2D eigenvalue weighted by molar-refractivity contribution is 0.575. The molecule has 0 aliphatic carbocycles. The van der Waals surface area contributed by atoms with E-state index < -0.39 is 21.8 Å². The molecule has 0 unspecified atom stereocenters. The van der Waals surface area contributed by atoms with Gasteiger partial charge < -0.3 is 0 Å². The van der Waals surface area contributed by atoms with Crippen molar-refractivity contribution in [1.82, 2.24) is 4.72 Å². The van der Waals surface area contributed by atoms with Crippen LogP contribution in [0.5, 0.6) is 0 Å². The normalized spacial score (nSPS) is 11.2. The minimum absolute atomic E-state index is 0.490. The van der Waals surface area contributed by atoms with Gasteiger partial charge in [0.05, 0.1) is 12.1 Å². The summed E-state index contributed by atoms with van der Waals surface area (Å²) in [7, 11) is -3.64. The molecular formula is C15H14N2O2S. The van der Waals surface area contributed by atoms with E-state index in [9.17, 15) is 8.42 Å². The van der Waals surface area contributed by atoms with E-state index >= 15 is 0 Å². The molecule has 2 aromatic carbocycles. The second-order valence-electron chi connectivity index (χ2n) is 4.29. The zero-order valence-corrected chi connectivity index (χ0v) is 11.5. The van der Waals surface area contributed by atoms with Crippen LogP contribution < -0.4 is 4.72 Å². The van der Waals surface area contributed by atoms with Gasteiger partial charge in [-0.05, 0) is 11.1 Å². The van der Waals surface area contributed by atoms with Crippen LogP contribution in [0.2, 0.25) is 0 Å². The van der Waals surface area contributed by atoms with Gasteiger partial charge in [0.1, 0.15) is 0 Å². The van der Waals surface area contributed by atoms with Crippen LogP contribution in [0.15, 0.2) is 60.7 Å². The van der Waals surface area contributed by atoms with E-state index in [1.165, 1.54) is 0 Å². The fourth-order valence-electron chi connectivity index (χ4n) is 1.93. The maximum absolute atomic E-state index is 11.9. The largest absolute Gasteiger partial charge is 0.225 e. The van der Waals surface area contributed by atoms with Crippen LogP contribution in [0, 0.1) is 11.3 Å². The number of sulfonamides is 1. The minimum atomic E-state index is -3.64. The third kappa shape index (κ3) is 3.67. The van der Waals surface area contributed by atoms with Gasteiger partial charge in [0, 0.05) is 0 Å². The fourth-order valence-corrected chi connectivity index (χ4v) is 2.81. The highest BCUT2D eigenvalue weighted by molar-refractivity contribution is 7.89. The van der Waals surface area contributed by atoms with E-state index in [0.717, 1.165) is 11.1 Å². The summed E-state index contributed by atoms with van der Waals surface area (Å²) in [5.74, 6) is -0.552. The number of hydrogen-bond acceptors (Lipinski definition) is 3. The van der Waals surface area contributed by atoms with Crippen LogP contribution in [0.1, 0.15) is 17.2 Å². The molecule has 0 heterocycles. The number of nitriles is 1. The highest BCUT2D eigenvalue weighted by Crippen LogP contribution is 2.22. The van der Waals surface area contributed by atoms with Crippen molar-refractivity contribution in [2.75, 3.05) is 5.75 Å². The summed E-state index contributed by atoms with van der Waals surface area (Å²) in [4.78, 5) is 0. The van der Waals surface area contributed by atoms with Crippen LogP contribution in [-0.4, -0.2) is 14.2 Å². The molecule has 1 N–H and O–H groups in total. The van der Waals surface area contributed by atoms with E-state index in [4.69, 9.17) is 5.26 Å². The number of benzene rings is 2. The van der Waals surface area contributed by atoms with Crippen LogP contribution in [0.25, 0.3) is 0 Å². The summed E-state index contributed by atoms with van der Waals surface area (Å²) < 4.78 is 26.3. The Hall–Kier alpha value is -2.16. The monoisotopic (exact) mass is 286 g/mol. The molecule has 4 nitrogen and oxygen atoms in total. The molecule has 0 saturated carbocycles. The van der Waals surface area contributed by atoms with E-state index in [-0.39, 0.29) is 0 Å². The van der Waals surface area contributed by atoms with Crippen LogP contribution in [0.4, 0.5) is 0 Å². The van der Waals surface area contributed by atoms with Gasteiger partial charge in [-0.2, -0.15) is 5.26 Å². The van der Waals surface area contributed by atoms with Crippen molar-refractivity contribution in [3.05, 3.63) is 71.8 Å². The first-order valence-electron chi connectivity index (χ1n) is 6.09. The highest BCUT2D eigenvalue weighted by Gasteiger charge is 2.20. The molecule has 102 valence electrons. The van der Waals surface area contributed by atoms with Gasteiger partial charge in [-0.1, -0.05) is 60.7 Å². The zero-order chi connectivity index (χ0) is 14.4. The molecule has 0 atom stereocenters. The molecule has 5 heteroatoms. The second kappa shape index (κ2) is 6.33. The van der Waals surface area contributed by atoms with E-state index in [2.05, 4.69) is 4.72 Å². The Labute approximate surface area is 118 Å². The molecule has 20 heavy (non-hydrogen) atoms. The van der Waals surface area contributed by atoms with E-state index in [0.29, 0.717) is 0 Å². The number of nitrogens with one attached hydrogen (secondary N) is 1. The summed E-state index contributed by atoms with van der Waals surface area (Å²) in [6, 6.07) is 19.7. The summed E-state index contributed by atoms with van der Waals surface area (Å²) in [6.45, 7) is 0. The Morgan fingerprint density at radius 3 is 1.80 bits per heavy atom. The van der Waals surface area contributed by atoms with Crippen molar-refractivity contribution in [3.8, 4) is 6.07 Å². The highest BCUT2D eigenvalue weighted by atomic mass is 32.2. The first kappa shape index (κ1) is 14.3. The van der Waals surface area contributed by atoms with Gasteiger partial charge in [0.15, 0.2) is 5.75 Å². The molecule has 0 aliphatic rings.